The SMILES string of the molecule is C=CCO[C@H](CO)[C@H](O)/C=C/C. The Morgan fingerprint density at radius 3 is 2.67 bits per heavy atom. The molecule has 0 saturated carbocycles. The summed E-state index contributed by atoms with van der Waals surface area (Å²) in [7, 11) is 0. The summed E-state index contributed by atoms with van der Waals surface area (Å²) in [5, 5.41) is 18.1. The number of hydrogen-bond acceptors (Lipinski definition) is 3. The zero-order valence-corrected chi connectivity index (χ0v) is 7.31. The van der Waals surface area contributed by atoms with Gasteiger partial charge in [0.05, 0.1) is 13.2 Å². The van der Waals surface area contributed by atoms with Gasteiger partial charge < -0.3 is 14.9 Å². The number of allylic oxidation sites excluding steroid dienone is 1. The monoisotopic (exact) mass is 172 g/mol. The summed E-state index contributed by atoms with van der Waals surface area (Å²) in [6, 6.07) is 0. The van der Waals surface area contributed by atoms with E-state index in [1.165, 1.54) is 0 Å². The topological polar surface area (TPSA) is 49.7 Å². The van der Waals surface area contributed by atoms with E-state index in [0.717, 1.165) is 0 Å². The minimum absolute atomic E-state index is 0.195. The van der Waals surface area contributed by atoms with Crippen LogP contribution >= 0.6 is 0 Å². The third-order valence-electron chi connectivity index (χ3n) is 1.38. The Morgan fingerprint density at radius 1 is 1.58 bits per heavy atom. The van der Waals surface area contributed by atoms with Crippen molar-refractivity contribution in [2.75, 3.05) is 13.2 Å². The van der Waals surface area contributed by atoms with Gasteiger partial charge in [0.2, 0.25) is 0 Å². The lowest BCUT2D eigenvalue weighted by Gasteiger charge is -2.17. The van der Waals surface area contributed by atoms with E-state index in [1.54, 1.807) is 25.2 Å². The molecule has 0 heterocycles. The molecule has 12 heavy (non-hydrogen) atoms. The summed E-state index contributed by atoms with van der Waals surface area (Å²) in [5.41, 5.74) is 0. The molecule has 2 N–H and O–H groups in total. The first kappa shape index (κ1) is 11.4. The second kappa shape index (κ2) is 7.03. The van der Waals surface area contributed by atoms with E-state index in [4.69, 9.17) is 9.84 Å². The average molecular weight is 172 g/mol. The molecule has 0 aliphatic heterocycles. The molecule has 0 amide bonds. The molecule has 0 spiro atoms. The molecule has 0 aliphatic carbocycles. The molecule has 0 fully saturated rings. The Kier molecular flexibility index (Phi) is 6.66. The van der Waals surface area contributed by atoms with Gasteiger partial charge in [-0.2, -0.15) is 0 Å². The first-order valence-corrected chi connectivity index (χ1v) is 3.90. The molecule has 0 aromatic heterocycles. The van der Waals surface area contributed by atoms with E-state index in [-0.39, 0.29) is 6.61 Å². The molecule has 3 heteroatoms. The van der Waals surface area contributed by atoms with Crippen LogP contribution in [-0.2, 0) is 4.74 Å². The van der Waals surface area contributed by atoms with Crippen LogP contribution < -0.4 is 0 Å². The fourth-order valence-corrected chi connectivity index (χ4v) is 0.772. The molecule has 0 rings (SSSR count). The molecule has 70 valence electrons. The van der Waals surface area contributed by atoms with Crippen molar-refractivity contribution in [2.24, 2.45) is 0 Å². The second-order valence-electron chi connectivity index (χ2n) is 2.36. The Bertz CT molecular complexity index is 143. The molecule has 0 saturated heterocycles. The van der Waals surface area contributed by atoms with Crippen LogP contribution in [0.5, 0.6) is 0 Å². The number of aliphatic hydroxyl groups excluding tert-OH is 2. The molecule has 0 bridgehead atoms. The summed E-state index contributed by atoms with van der Waals surface area (Å²) >= 11 is 0. The maximum absolute atomic E-state index is 9.33. The van der Waals surface area contributed by atoms with E-state index < -0.39 is 12.2 Å². The summed E-state index contributed by atoms with van der Waals surface area (Å²) in [6.07, 6.45) is 3.55. The van der Waals surface area contributed by atoms with E-state index in [1.807, 2.05) is 0 Å². The van der Waals surface area contributed by atoms with Crippen molar-refractivity contribution < 1.29 is 14.9 Å². The predicted molar refractivity (Wildman–Crippen MR) is 47.8 cm³/mol. The first-order valence-electron chi connectivity index (χ1n) is 3.90. The Hall–Kier alpha value is -0.640. The third-order valence-corrected chi connectivity index (χ3v) is 1.38. The predicted octanol–water partition coefficient (Wildman–Crippen LogP) is 0.487. The lowest BCUT2D eigenvalue weighted by molar-refractivity contribution is -0.0352. The summed E-state index contributed by atoms with van der Waals surface area (Å²) < 4.78 is 5.09. The van der Waals surface area contributed by atoms with Crippen molar-refractivity contribution in [2.45, 2.75) is 19.1 Å². The van der Waals surface area contributed by atoms with Crippen LogP contribution in [0.2, 0.25) is 0 Å². The van der Waals surface area contributed by atoms with Crippen molar-refractivity contribution >= 4 is 0 Å². The lowest BCUT2D eigenvalue weighted by Crippen LogP contribution is -2.30. The third kappa shape index (κ3) is 4.28. The van der Waals surface area contributed by atoms with E-state index in [2.05, 4.69) is 6.58 Å². The Morgan fingerprint density at radius 2 is 2.25 bits per heavy atom. The maximum atomic E-state index is 9.33. The van der Waals surface area contributed by atoms with Crippen molar-refractivity contribution in [3.63, 3.8) is 0 Å². The Labute approximate surface area is 73.0 Å². The minimum Gasteiger partial charge on any atom is -0.394 e. The number of aliphatic hydroxyl groups is 2. The standard InChI is InChI=1S/C9H16O3/c1-3-5-8(11)9(7-10)12-6-4-2/h3-5,8-11H,2,6-7H2,1H3/b5-3+/t8-,9-/m1/s1. The highest BCUT2D eigenvalue weighted by atomic mass is 16.5. The van der Waals surface area contributed by atoms with Crippen LogP contribution in [0.15, 0.2) is 24.8 Å². The van der Waals surface area contributed by atoms with Gasteiger partial charge in [-0.25, -0.2) is 0 Å². The molecule has 2 atom stereocenters. The van der Waals surface area contributed by atoms with Gasteiger partial charge in [-0.15, -0.1) is 6.58 Å². The molecule has 0 radical (unpaired) electrons. The zero-order chi connectivity index (χ0) is 9.40. The van der Waals surface area contributed by atoms with Gasteiger partial charge in [0.15, 0.2) is 0 Å². The molecular weight excluding hydrogens is 156 g/mol. The summed E-state index contributed by atoms with van der Waals surface area (Å²) in [5.74, 6) is 0. The second-order valence-corrected chi connectivity index (χ2v) is 2.36. The number of ether oxygens (including phenoxy) is 1. The van der Waals surface area contributed by atoms with Gasteiger partial charge in [-0.05, 0) is 6.92 Å². The lowest BCUT2D eigenvalue weighted by atomic mass is 10.2. The van der Waals surface area contributed by atoms with Crippen LogP contribution in [-0.4, -0.2) is 35.6 Å². The van der Waals surface area contributed by atoms with Crippen molar-refractivity contribution in [3.8, 4) is 0 Å². The molecular formula is C9H16O3. The van der Waals surface area contributed by atoms with Gasteiger partial charge in [0.1, 0.15) is 12.2 Å². The summed E-state index contributed by atoms with van der Waals surface area (Å²) in [4.78, 5) is 0. The van der Waals surface area contributed by atoms with Gasteiger partial charge >= 0.3 is 0 Å². The van der Waals surface area contributed by atoms with Crippen LogP contribution in [0.3, 0.4) is 0 Å². The largest absolute Gasteiger partial charge is 0.394 e. The fraction of sp³-hybridized carbons (Fsp3) is 0.556. The quantitative estimate of drug-likeness (QED) is 0.573. The van der Waals surface area contributed by atoms with Crippen molar-refractivity contribution in [1.82, 2.24) is 0 Å². The van der Waals surface area contributed by atoms with Gasteiger partial charge in [0.25, 0.3) is 0 Å². The maximum Gasteiger partial charge on any atom is 0.110 e. The van der Waals surface area contributed by atoms with E-state index >= 15 is 0 Å². The van der Waals surface area contributed by atoms with Crippen LogP contribution in [0.1, 0.15) is 6.92 Å². The van der Waals surface area contributed by atoms with Crippen molar-refractivity contribution in [1.29, 1.82) is 0 Å². The Balaban J connectivity index is 3.85. The van der Waals surface area contributed by atoms with E-state index in [0.29, 0.717) is 6.61 Å². The van der Waals surface area contributed by atoms with Gasteiger partial charge in [-0.1, -0.05) is 18.2 Å². The number of rotatable bonds is 6. The smallest absolute Gasteiger partial charge is 0.110 e. The van der Waals surface area contributed by atoms with Gasteiger partial charge in [-0.3, -0.25) is 0 Å². The molecule has 0 aliphatic rings. The van der Waals surface area contributed by atoms with E-state index in [9.17, 15) is 5.11 Å². The normalized spacial score (nSPS) is 16.2. The molecule has 3 nitrogen and oxygen atoms in total. The van der Waals surface area contributed by atoms with Crippen molar-refractivity contribution in [3.05, 3.63) is 24.8 Å². The highest BCUT2D eigenvalue weighted by Gasteiger charge is 2.14. The number of hydrogen-bond donors (Lipinski definition) is 2. The van der Waals surface area contributed by atoms with Crippen LogP contribution in [0.25, 0.3) is 0 Å². The highest BCUT2D eigenvalue weighted by Crippen LogP contribution is 2.00. The zero-order valence-electron chi connectivity index (χ0n) is 7.31. The van der Waals surface area contributed by atoms with Gasteiger partial charge in [0, 0.05) is 0 Å². The van der Waals surface area contributed by atoms with Crippen LogP contribution in [0, 0.1) is 0 Å². The summed E-state index contributed by atoms with van der Waals surface area (Å²) in [6.45, 7) is 5.40. The first-order chi connectivity index (χ1) is 5.76. The molecule has 0 aromatic rings. The fourth-order valence-electron chi connectivity index (χ4n) is 0.772. The average Bonchev–Trinajstić information content (AvgIpc) is 2.06. The molecule has 0 aromatic carbocycles. The minimum atomic E-state index is -0.750. The van der Waals surface area contributed by atoms with Crippen LogP contribution in [0.4, 0.5) is 0 Å². The highest BCUT2D eigenvalue weighted by molar-refractivity contribution is 4.90. The molecule has 0 unspecified atom stereocenters.